The van der Waals surface area contributed by atoms with E-state index < -0.39 is 5.95 Å². The summed E-state index contributed by atoms with van der Waals surface area (Å²) in [7, 11) is 0. The predicted octanol–water partition coefficient (Wildman–Crippen LogP) is 1.88. The number of hydrogen-bond donors (Lipinski definition) is 2. The Morgan fingerprint density at radius 2 is 2.11 bits per heavy atom. The molecule has 1 amide bonds. The number of rotatable bonds is 5. The van der Waals surface area contributed by atoms with Crippen LogP contribution in [0.4, 0.5) is 10.2 Å². The van der Waals surface area contributed by atoms with Gasteiger partial charge in [-0.25, -0.2) is 4.98 Å². The van der Waals surface area contributed by atoms with Gasteiger partial charge in [-0.05, 0) is 30.9 Å². The Kier molecular flexibility index (Phi) is 5.07. The van der Waals surface area contributed by atoms with Crippen LogP contribution in [0.1, 0.15) is 24.0 Å². The van der Waals surface area contributed by atoms with Gasteiger partial charge in [-0.1, -0.05) is 6.07 Å². The van der Waals surface area contributed by atoms with Gasteiger partial charge in [0.2, 0.25) is 11.9 Å². The number of pyridine rings is 1. The largest absolute Gasteiger partial charge is 0.392 e. The quantitative estimate of drug-likeness (QED) is 0.653. The number of piperidine rings is 1. The fourth-order valence-corrected chi connectivity index (χ4v) is 3.48. The van der Waals surface area contributed by atoms with Crippen LogP contribution in [0.25, 0.3) is 11.3 Å². The van der Waals surface area contributed by atoms with Crippen LogP contribution in [-0.4, -0.2) is 42.9 Å². The van der Waals surface area contributed by atoms with Crippen molar-refractivity contribution >= 4 is 11.7 Å². The molecule has 4 heterocycles. The Hall–Kier alpha value is -3.20. The van der Waals surface area contributed by atoms with Gasteiger partial charge in [0.1, 0.15) is 0 Å². The van der Waals surface area contributed by atoms with Crippen LogP contribution in [0, 0.1) is 11.9 Å². The topological polar surface area (TPSA) is 108 Å². The summed E-state index contributed by atoms with van der Waals surface area (Å²) >= 11 is 0. The van der Waals surface area contributed by atoms with Crippen molar-refractivity contribution in [3.8, 4) is 11.3 Å². The third kappa shape index (κ3) is 3.61. The molecule has 1 fully saturated rings. The highest BCUT2D eigenvalue weighted by molar-refractivity contribution is 5.95. The number of H-pyrrole nitrogens is 1. The van der Waals surface area contributed by atoms with E-state index in [0.29, 0.717) is 35.6 Å². The van der Waals surface area contributed by atoms with E-state index in [-0.39, 0.29) is 18.4 Å². The number of nitrogens with zero attached hydrogens (tertiary/aromatic N) is 5. The standard InChI is InChI=1S/C19H19FN6O2/c20-17-4-3-12(8-21-17)6-13-2-1-5-26(19(13)28)18-7-16(24-25-18)15-10-23-22-9-14(15)11-27/h3-4,7-10,13,27H,1-2,5-6,11H2,(H,24,25). The maximum absolute atomic E-state index is 13.0. The highest BCUT2D eigenvalue weighted by atomic mass is 19.1. The molecule has 0 aliphatic carbocycles. The summed E-state index contributed by atoms with van der Waals surface area (Å²) < 4.78 is 13.0. The molecule has 1 atom stereocenters. The van der Waals surface area contributed by atoms with Gasteiger partial charge in [-0.3, -0.25) is 14.8 Å². The highest BCUT2D eigenvalue weighted by Crippen LogP contribution is 2.29. The molecule has 0 saturated carbocycles. The highest BCUT2D eigenvalue weighted by Gasteiger charge is 2.31. The van der Waals surface area contributed by atoms with Crippen LogP contribution >= 0.6 is 0 Å². The molecule has 1 aliphatic rings. The number of carbonyl (C=O) groups excluding carboxylic acids is 1. The molecule has 4 rings (SSSR count). The normalized spacial score (nSPS) is 17.1. The average Bonchev–Trinajstić information content (AvgIpc) is 3.21. The van der Waals surface area contributed by atoms with Crippen molar-refractivity contribution in [3.63, 3.8) is 0 Å². The molecule has 0 spiro atoms. The van der Waals surface area contributed by atoms with Crippen LogP contribution in [0.3, 0.4) is 0 Å². The van der Waals surface area contributed by atoms with E-state index in [9.17, 15) is 14.3 Å². The first kappa shape index (κ1) is 18.2. The zero-order chi connectivity index (χ0) is 19.5. The first-order chi connectivity index (χ1) is 13.7. The molecule has 3 aromatic rings. The monoisotopic (exact) mass is 382 g/mol. The van der Waals surface area contributed by atoms with Crippen LogP contribution in [0.15, 0.2) is 36.8 Å². The summed E-state index contributed by atoms with van der Waals surface area (Å²) in [4.78, 5) is 18.3. The van der Waals surface area contributed by atoms with E-state index in [0.717, 1.165) is 18.4 Å². The minimum atomic E-state index is -0.530. The van der Waals surface area contributed by atoms with E-state index in [1.165, 1.54) is 18.5 Å². The molecule has 3 aromatic heterocycles. The van der Waals surface area contributed by atoms with Gasteiger partial charge >= 0.3 is 0 Å². The summed E-state index contributed by atoms with van der Waals surface area (Å²) in [5.74, 6) is -0.208. The smallest absolute Gasteiger partial charge is 0.231 e. The average molecular weight is 382 g/mol. The Morgan fingerprint density at radius 3 is 2.89 bits per heavy atom. The van der Waals surface area contributed by atoms with E-state index in [1.54, 1.807) is 23.2 Å². The van der Waals surface area contributed by atoms with Crippen molar-refractivity contribution in [1.29, 1.82) is 0 Å². The molecule has 2 N–H and O–H groups in total. The number of anilines is 1. The number of aliphatic hydroxyl groups is 1. The molecule has 0 bridgehead atoms. The second kappa shape index (κ2) is 7.81. The van der Waals surface area contributed by atoms with E-state index >= 15 is 0 Å². The first-order valence-electron chi connectivity index (χ1n) is 9.03. The fraction of sp³-hybridized carbons (Fsp3) is 0.316. The van der Waals surface area contributed by atoms with Gasteiger partial charge in [0, 0.05) is 35.9 Å². The Balaban J connectivity index is 1.53. The van der Waals surface area contributed by atoms with Gasteiger partial charge in [0.05, 0.1) is 24.7 Å². The molecule has 1 saturated heterocycles. The lowest BCUT2D eigenvalue weighted by atomic mass is 9.91. The minimum Gasteiger partial charge on any atom is -0.392 e. The Morgan fingerprint density at radius 1 is 1.25 bits per heavy atom. The van der Waals surface area contributed by atoms with Crippen molar-refractivity contribution in [2.45, 2.75) is 25.9 Å². The number of aliphatic hydroxyl groups excluding tert-OH is 1. The van der Waals surface area contributed by atoms with Crippen molar-refractivity contribution < 1.29 is 14.3 Å². The van der Waals surface area contributed by atoms with Gasteiger partial charge in [0.25, 0.3) is 0 Å². The third-order valence-corrected chi connectivity index (χ3v) is 4.93. The number of nitrogens with one attached hydrogen (secondary N) is 1. The molecule has 0 radical (unpaired) electrons. The maximum atomic E-state index is 13.0. The second-order valence-corrected chi connectivity index (χ2v) is 6.75. The first-order valence-corrected chi connectivity index (χ1v) is 9.03. The number of hydrogen-bond acceptors (Lipinski definition) is 6. The van der Waals surface area contributed by atoms with Crippen LogP contribution in [-0.2, 0) is 17.8 Å². The molecule has 28 heavy (non-hydrogen) atoms. The summed E-state index contributed by atoms with van der Waals surface area (Å²) in [6, 6.07) is 4.74. The molecule has 1 unspecified atom stereocenters. The number of amides is 1. The lowest BCUT2D eigenvalue weighted by molar-refractivity contribution is -0.123. The zero-order valence-corrected chi connectivity index (χ0v) is 15.0. The number of halogens is 1. The Bertz CT molecular complexity index is 975. The van der Waals surface area contributed by atoms with E-state index in [2.05, 4.69) is 25.4 Å². The molecule has 8 nitrogen and oxygen atoms in total. The minimum absolute atomic E-state index is 0.0103. The number of aromatic nitrogens is 5. The second-order valence-electron chi connectivity index (χ2n) is 6.75. The van der Waals surface area contributed by atoms with Gasteiger partial charge < -0.3 is 5.11 Å². The zero-order valence-electron chi connectivity index (χ0n) is 15.0. The van der Waals surface area contributed by atoms with E-state index in [4.69, 9.17) is 0 Å². The summed E-state index contributed by atoms with van der Waals surface area (Å²) in [6.45, 7) is 0.415. The third-order valence-electron chi connectivity index (χ3n) is 4.93. The van der Waals surface area contributed by atoms with Crippen molar-refractivity contribution in [1.82, 2.24) is 25.4 Å². The summed E-state index contributed by atoms with van der Waals surface area (Å²) in [5.41, 5.74) is 2.80. The molecule has 1 aliphatic heterocycles. The molecular weight excluding hydrogens is 363 g/mol. The Labute approximate surface area is 160 Å². The summed E-state index contributed by atoms with van der Waals surface area (Å²) in [5, 5.41) is 24.3. The maximum Gasteiger partial charge on any atom is 0.231 e. The van der Waals surface area contributed by atoms with Gasteiger partial charge in [0.15, 0.2) is 5.82 Å². The van der Waals surface area contributed by atoms with Gasteiger partial charge in [-0.2, -0.15) is 19.7 Å². The van der Waals surface area contributed by atoms with Crippen molar-refractivity contribution in [3.05, 3.63) is 53.9 Å². The summed E-state index contributed by atoms with van der Waals surface area (Å²) in [6.07, 6.45) is 6.66. The molecule has 0 aromatic carbocycles. The molecule has 144 valence electrons. The fourth-order valence-electron chi connectivity index (χ4n) is 3.48. The van der Waals surface area contributed by atoms with E-state index in [1.807, 2.05) is 0 Å². The van der Waals surface area contributed by atoms with Crippen LogP contribution < -0.4 is 4.90 Å². The van der Waals surface area contributed by atoms with Gasteiger partial charge in [-0.15, -0.1) is 0 Å². The number of aromatic amines is 1. The van der Waals surface area contributed by atoms with Crippen molar-refractivity contribution in [2.75, 3.05) is 11.4 Å². The lowest BCUT2D eigenvalue weighted by Gasteiger charge is -2.30. The van der Waals surface area contributed by atoms with Crippen LogP contribution in [0.2, 0.25) is 0 Å². The molecular formula is C19H19FN6O2. The van der Waals surface area contributed by atoms with Crippen LogP contribution in [0.5, 0.6) is 0 Å². The number of carbonyl (C=O) groups is 1. The molecule has 9 heteroatoms. The SMILES string of the molecule is O=C1C(Cc2ccc(F)nc2)CCCN1c1cc(-c2cnncc2CO)[nH]n1. The lowest BCUT2D eigenvalue weighted by Crippen LogP contribution is -2.42. The van der Waals surface area contributed by atoms with Crippen molar-refractivity contribution in [2.24, 2.45) is 5.92 Å². The predicted molar refractivity (Wildman–Crippen MR) is 98.5 cm³/mol.